The molecule has 1 aromatic carbocycles. The summed E-state index contributed by atoms with van der Waals surface area (Å²) < 4.78 is 0. The van der Waals surface area contributed by atoms with Crippen LogP contribution in [0.15, 0.2) is 24.3 Å². The van der Waals surface area contributed by atoms with Crippen molar-refractivity contribution in [3.8, 4) is 12.1 Å². The number of hydrogen-bond donors (Lipinski definition) is 1. The van der Waals surface area contributed by atoms with E-state index in [0.717, 1.165) is 0 Å². The van der Waals surface area contributed by atoms with Crippen molar-refractivity contribution in [2.45, 2.75) is 0 Å². The third-order valence-corrected chi connectivity index (χ3v) is 1.94. The second-order valence-electron chi connectivity index (χ2n) is 2.91. The van der Waals surface area contributed by atoms with E-state index in [1.807, 2.05) is 0 Å². The van der Waals surface area contributed by atoms with Crippen molar-refractivity contribution in [3.63, 3.8) is 0 Å². The molecule has 0 bridgehead atoms. The van der Waals surface area contributed by atoms with E-state index in [1.54, 1.807) is 0 Å². The van der Waals surface area contributed by atoms with Gasteiger partial charge in [-0.25, -0.2) is 4.79 Å². The quantitative estimate of drug-likeness (QED) is 0.762. The lowest BCUT2D eigenvalue weighted by Crippen LogP contribution is -2.15. The van der Waals surface area contributed by atoms with Gasteiger partial charge in [0.1, 0.15) is 0 Å². The molecule has 0 atom stereocenters. The Labute approximate surface area is 91.2 Å². The summed E-state index contributed by atoms with van der Waals surface area (Å²) in [6, 6.07) is 8.51. The number of nitriles is 2. The van der Waals surface area contributed by atoms with Crippen molar-refractivity contribution in [2.75, 3.05) is 0 Å². The van der Waals surface area contributed by atoms with Crippen LogP contribution in [-0.2, 0) is 0 Å². The number of ketones is 1. The van der Waals surface area contributed by atoms with Gasteiger partial charge in [0.2, 0.25) is 0 Å². The minimum absolute atomic E-state index is 0.122. The third kappa shape index (κ3) is 2.05. The molecule has 0 amide bonds. The van der Waals surface area contributed by atoms with Crippen LogP contribution in [0.4, 0.5) is 0 Å². The molecule has 0 radical (unpaired) electrons. The van der Waals surface area contributed by atoms with Crippen molar-refractivity contribution in [1.82, 2.24) is 0 Å². The predicted octanol–water partition coefficient (Wildman–Crippen LogP) is 1.23. The average Bonchev–Trinajstić information content (AvgIpc) is 2.30. The molecule has 0 heterocycles. The van der Waals surface area contributed by atoms with E-state index >= 15 is 0 Å². The minimum Gasteiger partial charge on any atom is -0.478 e. The molecule has 1 rings (SSSR count). The highest BCUT2D eigenvalue weighted by Gasteiger charge is 2.23. The highest BCUT2D eigenvalue weighted by atomic mass is 16.4. The summed E-state index contributed by atoms with van der Waals surface area (Å²) in [4.78, 5) is 22.4. The Morgan fingerprint density at radius 3 is 2.06 bits per heavy atom. The fourth-order valence-corrected chi connectivity index (χ4v) is 1.19. The van der Waals surface area contributed by atoms with Crippen LogP contribution in [0.3, 0.4) is 0 Å². The molecule has 0 saturated heterocycles. The number of rotatable bonds is 3. The zero-order valence-corrected chi connectivity index (χ0v) is 8.04. The number of hydrogen-bond acceptors (Lipinski definition) is 4. The maximum Gasteiger partial charge on any atom is 0.336 e. The Kier molecular flexibility index (Phi) is 3.37. The molecule has 5 nitrogen and oxygen atoms in total. The molecule has 0 aliphatic heterocycles. The maximum absolute atomic E-state index is 11.6. The summed E-state index contributed by atoms with van der Waals surface area (Å²) in [5, 5.41) is 25.9. The number of aromatic carboxylic acids is 1. The molecule has 1 aromatic rings. The van der Waals surface area contributed by atoms with E-state index in [-0.39, 0.29) is 11.1 Å². The zero-order chi connectivity index (χ0) is 12.1. The molecule has 0 aromatic heterocycles. The van der Waals surface area contributed by atoms with E-state index in [0.29, 0.717) is 0 Å². The van der Waals surface area contributed by atoms with Crippen molar-refractivity contribution < 1.29 is 14.7 Å². The summed E-state index contributed by atoms with van der Waals surface area (Å²) in [5.41, 5.74) is -0.328. The molecular formula is C11H6N2O3. The van der Waals surface area contributed by atoms with Gasteiger partial charge in [-0.05, 0) is 6.07 Å². The maximum atomic E-state index is 11.6. The highest BCUT2D eigenvalue weighted by molar-refractivity contribution is 6.08. The van der Waals surface area contributed by atoms with E-state index < -0.39 is 17.7 Å². The number of carboxylic acid groups (broad SMARTS) is 1. The Morgan fingerprint density at radius 1 is 1.12 bits per heavy atom. The topological polar surface area (TPSA) is 102 Å². The van der Waals surface area contributed by atoms with E-state index in [4.69, 9.17) is 15.6 Å². The van der Waals surface area contributed by atoms with Gasteiger partial charge >= 0.3 is 5.97 Å². The summed E-state index contributed by atoms with van der Waals surface area (Å²) in [6.45, 7) is 0. The van der Waals surface area contributed by atoms with Crippen LogP contribution >= 0.6 is 0 Å². The van der Waals surface area contributed by atoms with Crippen LogP contribution < -0.4 is 0 Å². The molecule has 0 saturated carbocycles. The first-order valence-electron chi connectivity index (χ1n) is 4.27. The molecule has 0 unspecified atom stereocenters. The Morgan fingerprint density at radius 2 is 1.62 bits per heavy atom. The van der Waals surface area contributed by atoms with Gasteiger partial charge in [-0.3, -0.25) is 4.79 Å². The second-order valence-corrected chi connectivity index (χ2v) is 2.91. The molecule has 78 valence electrons. The fourth-order valence-electron chi connectivity index (χ4n) is 1.19. The van der Waals surface area contributed by atoms with E-state index in [9.17, 15) is 9.59 Å². The molecule has 1 N–H and O–H groups in total. The highest BCUT2D eigenvalue weighted by Crippen LogP contribution is 2.13. The lowest BCUT2D eigenvalue weighted by Gasteiger charge is -2.04. The van der Waals surface area contributed by atoms with Crippen molar-refractivity contribution in [2.24, 2.45) is 5.92 Å². The number of carbonyl (C=O) groups is 2. The Hall–Kier alpha value is -2.66. The molecule has 16 heavy (non-hydrogen) atoms. The Bertz CT molecular complexity index is 509. The molecule has 0 aliphatic carbocycles. The van der Waals surface area contributed by atoms with E-state index in [1.165, 1.54) is 36.4 Å². The lowest BCUT2D eigenvalue weighted by molar-refractivity contribution is 0.0691. The van der Waals surface area contributed by atoms with Crippen molar-refractivity contribution in [1.29, 1.82) is 10.5 Å². The summed E-state index contributed by atoms with van der Waals surface area (Å²) >= 11 is 0. The molecular weight excluding hydrogens is 208 g/mol. The molecule has 5 heteroatoms. The molecule has 0 fully saturated rings. The standard InChI is InChI=1S/C11H6N2O3/c12-5-7(6-13)10(14)8-3-1-2-4-9(8)11(15)16/h1-4,7H,(H,15,16). The van der Waals surface area contributed by atoms with Crippen LogP contribution in [0, 0.1) is 28.6 Å². The summed E-state index contributed by atoms with van der Waals surface area (Å²) in [7, 11) is 0. The van der Waals surface area contributed by atoms with Crippen LogP contribution in [0.5, 0.6) is 0 Å². The fraction of sp³-hybridized carbons (Fsp3) is 0.0909. The SMILES string of the molecule is N#CC(C#N)C(=O)c1ccccc1C(=O)O. The number of nitrogens with zero attached hydrogens (tertiary/aromatic N) is 2. The van der Waals surface area contributed by atoms with Crippen LogP contribution in [0.25, 0.3) is 0 Å². The third-order valence-electron chi connectivity index (χ3n) is 1.94. The smallest absolute Gasteiger partial charge is 0.336 e. The summed E-state index contributed by atoms with van der Waals surface area (Å²) in [5.74, 6) is -3.53. The minimum atomic E-state index is -1.47. The van der Waals surface area contributed by atoms with Crippen molar-refractivity contribution in [3.05, 3.63) is 35.4 Å². The largest absolute Gasteiger partial charge is 0.478 e. The van der Waals surface area contributed by atoms with Crippen LogP contribution in [-0.4, -0.2) is 16.9 Å². The van der Waals surface area contributed by atoms with Crippen LogP contribution in [0.1, 0.15) is 20.7 Å². The number of carbonyl (C=O) groups excluding carboxylic acids is 1. The average molecular weight is 214 g/mol. The van der Waals surface area contributed by atoms with Gasteiger partial charge < -0.3 is 5.11 Å². The van der Waals surface area contributed by atoms with Gasteiger partial charge in [-0.15, -0.1) is 0 Å². The predicted molar refractivity (Wildman–Crippen MR) is 52.4 cm³/mol. The first-order chi connectivity index (χ1) is 7.61. The van der Waals surface area contributed by atoms with Gasteiger partial charge in [0.25, 0.3) is 0 Å². The van der Waals surface area contributed by atoms with Gasteiger partial charge in [0.05, 0.1) is 17.7 Å². The first kappa shape index (κ1) is 11.4. The Balaban J connectivity index is 3.25. The van der Waals surface area contributed by atoms with Gasteiger partial charge in [-0.2, -0.15) is 10.5 Å². The number of Topliss-reactive ketones (excluding diaryl/α,β-unsaturated/α-hetero) is 1. The number of benzene rings is 1. The van der Waals surface area contributed by atoms with Crippen LogP contribution in [0.2, 0.25) is 0 Å². The van der Waals surface area contributed by atoms with E-state index in [2.05, 4.69) is 0 Å². The molecule has 0 spiro atoms. The zero-order valence-electron chi connectivity index (χ0n) is 8.04. The molecule has 0 aliphatic rings. The normalized spacial score (nSPS) is 9.19. The summed E-state index contributed by atoms with van der Waals surface area (Å²) in [6.07, 6.45) is 0. The van der Waals surface area contributed by atoms with Gasteiger partial charge in [-0.1, -0.05) is 18.2 Å². The monoisotopic (exact) mass is 214 g/mol. The second kappa shape index (κ2) is 4.72. The lowest BCUT2D eigenvalue weighted by atomic mass is 9.96. The van der Waals surface area contributed by atoms with Crippen molar-refractivity contribution >= 4 is 11.8 Å². The number of carboxylic acids is 1. The first-order valence-corrected chi connectivity index (χ1v) is 4.27. The van der Waals surface area contributed by atoms with Gasteiger partial charge in [0.15, 0.2) is 11.7 Å². The van der Waals surface area contributed by atoms with Gasteiger partial charge in [0, 0.05) is 5.56 Å².